The molecule has 120 valence electrons. The lowest BCUT2D eigenvalue weighted by molar-refractivity contribution is -0.384. The number of carbonyl (C=O) groups excluding carboxylic acids is 1. The molecule has 1 fully saturated rings. The number of aryl methyl sites for hydroxylation is 2. The van der Waals surface area contributed by atoms with Crippen LogP contribution in [0.4, 0.5) is 17.2 Å². The molecule has 2 heterocycles. The number of rotatable bonds is 4. The molecule has 0 bridgehead atoms. The molecule has 0 spiro atoms. The smallest absolute Gasteiger partial charge is 0.292 e. The van der Waals surface area contributed by atoms with Gasteiger partial charge < -0.3 is 5.32 Å². The van der Waals surface area contributed by atoms with E-state index in [0.29, 0.717) is 18.7 Å². The fourth-order valence-corrected chi connectivity index (χ4v) is 2.83. The van der Waals surface area contributed by atoms with Crippen LogP contribution < -0.4 is 10.2 Å². The predicted octanol–water partition coefficient (Wildman–Crippen LogP) is 1.85. The highest BCUT2D eigenvalue weighted by atomic mass is 16.6. The third-order valence-electron chi connectivity index (χ3n) is 3.89. The number of hydrogen-bond donors (Lipinski definition) is 1. The van der Waals surface area contributed by atoms with Crippen LogP contribution in [0, 0.1) is 17.0 Å². The first-order valence-corrected chi connectivity index (χ1v) is 7.29. The Balaban J connectivity index is 1.80. The Hall–Kier alpha value is -2.90. The van der Waals surface area contributed by atoms with Crippen molar-refractivity contribution in [1.82, 2.24) is 9.78 Å². The van der Waals surface area contributed by atoms with Crippen molar-refractivity contribution in [2.24, 2.45) is 7.05 Å². The van der Waals surface area contributed by atoms with Gasteiger partial charge in [0.05, 0.1) is 10.6 Å². The van der Waals surface area contributed by atoms with Crippen LogP contribution in [0.2, 0.25) is 0 Å². The third kappa shape index (κ3) is 2.75. The summed E-state index contributed by atoms with van der Waals surface area (Å²) in [4.78, 5) is 24.9. The van der Waals surface area contributed by atoms with Gasteiger partial charge in [0.15, 0.2) is 0 Å². The van der Waals surface area contributed by atoms with E-state index >= 15 is 0 Å². The molecule has 0 aliphatic carbocycles. The number of nitro benzene ring substituents is 1. The molecule has 1 aliphatic rings. The highest BCUT2D eigenvalue weighted by Crippen LogP contribution is 2.28. The summed E-state index contributed by atoms with van der Waals surface area (Å²) in [6.45, 7) is 2.42. The maximum Gasteiger partial charge on any atom is 0.292 e. The van der Waals surface area contributed by atoms with Gasteiger partial charge in [0, 0.05) is 25.7 Å². The van der Waals surface area contributed by atoms with Gasteiger partial charge in [0.2, 0.25) is 0 Å². The number of aromatic nitrogens is 2. The number of nitro groups is 1. The zero-order valence-corrected chi connectivity index (χ0v) is 12.9. The van der Waals surface area contributed by atoms with Gasteiger partial charge in [0.1, 0.15) is 17.5 Å². The molecule has 1 aromatic carbocycles. The molecule has 8 heteroatoms. The quantitative estimate of drug-likeness (QED) is 0.686. The Labute approximate surface area is 132 Å². The van der Waals surface area contributed by atoms with Gasteiger partial charge in [-0.3, -0.25) is 24.5 Å². The van der Waals surface area contributed by atoms with Crippen molar-refractivity contribution < 1.29 is 9.72 Å². The lowest BCUT2D eigenvalue weighted by atomic mass is 10.2. The second kappa shape index (κ2) is 5.71. The zero-order valence-electron chi connectivity index (χ0n) is 12.9. The molecule has 1 saturated heterocycles. The van der Waals surface area contributed by atoms with Gasteiger partial charge in [-0.25, -0.2) is 0 Å². The Bertz CT molecular complexity index is 770. The molecule has 1 unspecified atom stereocenters. The Morgan fingerprint density at radius 3 is 2.78 bits per heavy atom. The Kier molecular flexibility index (Phi) is 3.73. The molecule has 23 heavy (non-hydrogen) atoms. The molecule has 0 radical (unpaired) electrons. The molecule has 0 saturated carbocycles. The van der Waals surface area contributed by atoms with Gasteiger partial charge in [-0.05, 0) is 19.4 Å². The standard InChI is InChI=1S/C15H17N5O3/c1-10-9-14(18(2)17-10)19-8-7-12(15(19)21)16-11-5-3-4-6-13(11)20(22)23/h3-6,9,12,16H,7-8H2,1-2H3. The number of para-hydroxylation sites is 2. The van der Waals surface area contributed by atoms with Crippen molar-refractivity contribution in [2.45, 2.75) is 19.4 Å². The van der Waals surface area contributed by atoms with Crippen molar-refractivity contribution >= 4 is 23.1 Å². The van der Waals surface area contributed by atoms with E-state index in [4.69, 9.17) is 0 Å². The maximum atomic E-state index is 12.6. The Morgan fingerprint density at radius 1 is 1.39 bits per heavy atom. The number of amides is 1. The summed E-state index contributed by atoms with van der Waals surface area (Å²) in [5, 5.41) is 18.3. The number of anilines is 2. The van der Waals surface area contributed by atoms with Crippen LogP contribution in [0.25, 0.3) is 0 Å². The van der Waals surface area contributed by atoms with Crippen LogP contribution in [0.3, 0.4) is 0 Å². The second-order valence-corrected chi connectivity index (χ2v) is 5.52. The summed E-state index contributed by atoms with van der Waals surface area (Å²) >= 11 is 0. The molecule has 3 rings (SSSR count). The first-order valence-electron chi connectivity index (χ1n) is 7.29. The van der Waals surface area contributed by atoms with Crippen LogP contribution in [-0.2, 0) is 11.8 Å². The molecular formula is C15H17N5O3. The van der Waals surface area contributed by atoms with E-state index in [1.807, 2.05) is 13.0 Å². The molecule has 1 amide bonds. The molecule has 1 aromatic heterocycles. The van der Waals surface area contributed by atoms with Gasteiger partial charge in [0.25, 0.3) is 11.6 Å². The summed E-state index contributed by atoms with van der Waals surface area (Å²) < 4.78 is 1.67. The monoisotopic (exact) mass is 315 g/mol. The summed E-state index contributed by atoms with van der Waals surface area (Å²) in [7, 11) is 1.79. The molecule has 2 aromatic rings. The van der Waals surface area contributed by atoms with Gasteiger partial charge in [-0.1, -0.05) is 12.1 Å². The summed E-state index contributed by atoms with van der Waals surface area (Å²) in [5.41, 5.74) is 1.17. The van der Waals surface area contributed by atoms with Crippen LogP contribution in [0.1, 0.15) is 12.1 Å². The number of nitrogens with zero attached hydrogens (tertiary/aromatic N) is 4. The van der Waals surface area contributed by atoms with E-state index in [2.05, 4.69) is 10.4 Å². The lowest BCUT2D eigenvalue weighted by Gasteiger charge is -2.17. The lowest BCUT2D eigenvalue weighted by Crippen LogP contribution is -2.34. The highest BCUT2D eigenvalue weighted by molar-refractivity contribution is 6.00. The van der Waals surface area contributed by atoms with E-state index in [0.717, 1.165) is 11.5 Å². The summed E-state index contributed by atoms with van der Waals surface area (Å²) in [5.74, 6) is 0.630. The molecular weight excluding hydrogens is 298 g/mol. The van der Waals surface area contributed by atoms with Crippen molar-refractivity contribution in [1.29, 1.82) is 0 Å². The molecule has 1 N–H and O–H groups in total. The van der Waals surface area contributed by atoms with Crippen molar-refractivity contribution in [2.75, 3.05) is 16.8 Å². The largest absolute Gasteiger partial charge is 0.368 e. The van der Waals surface area contributed by atoms with Crippen LogP contribution in [-0.4, -0.2) is 33.2 Å². The number of benzene rings is 1. The SMILES string of the molecule is Cc1cc(N2CCC(Nc3ccccc3[N+](=O)[O-])C2=O)n(C)n1. The van der Waals surface area contributed by atoms with Crippen molar-refractivity contribution in [3.8, 4) is 0 Å². The molecule has 1 atom stereocenters. The predicted molar refractivity (Wildman–Crippen MR) is 85.4 cm³/mol. The summed E-state index contributed by atoms with van der Waals surface area (Å²) in [6.07, 6.45) is 0.578. The van der Waals surface area contributed by atoms with Crippen LogP contribution >= 0.6 is 0 Å². The first-order chi connectivity index (χ1) is 11.0. The average molecular weight is 315 g/mol. The molecule has 8 nitrogen and oxygen atoms in total. The Morgan fingerprint density at radius 2 is 2.13 bits per heavy atom. The van der Waals surface area contributed by atoms with E-state index < -0.39 is 11.0 Å². The van der Waals surface area contributed by atoms with Crippen molar-refractivity contribution in [3.63, 3.8) is 0 Å². The van der Waals surface area contributed by atoms with E-state index in [-0.39, 0.29) is 11.6 Å². The second-order valence-electron chi connectivity index (χ2n) is 5.52. The van der Waals surface area contributed by atoms with Crippen LogP contribution in [0.15, 0.2) is 30.3 Å². The van der Waals surface area contributed by atoms with Crippen LogP contribution in [0.5, 0.6) is 0 Å². The van der Waals surface area contributed by atoms with Gasteiger partial charge in [-0.2, -0.15) is 5.10 Å². The van der Waals surface area contributed by atoms with E-state index in [1.165, 1.54) is 6.07 Å². The molecule has 1 aliphatic heterocycles. The summed E-state index contributed by atoms with van der Waals surface area (Å²) in [6, 6.07) is 7.71. The normalized spacial score (nSPS) is 17.6. The van der Waals surface area contributed by atoms with Gasteiger partial charge >= 0.3 is 0 Å². The topological polar surface area (TPSA) is 93.3 Å². The highest BCUT2D eigenvalue weighted by Gasteiger charge is 2.35. The number of hydrogen-bond acceptors (Lipinski definition) is 5. The number of nitrogens with one attached hydrogen (secondary N) is 1. The van der Waals surface area contributed by atoms with Gasteiger partial charge in [-0.15, -0.1) is 0 Å². The van der Waals surface area contributed by atoms with E-state index in [9.17, 15) is 14.9 Å². The van der Waals surface area contributed by atoms with E-state index in [1.54, 1.807) is 34.8 Å². The maximum absolute atomic E-state index is 12.6. The fraction of sp³-hybridized carbons (Fsp3) is 0.333. The average Bonchev–Trinajstić information content (AvgIpc) is 3.02. The zero-order chi connectivity index (χ0) is 16.6. The third-order valence-corrected chi connectivity index (χ3v) is 3.89. The minimum absolute atomic E-state index is 0.0323. The fourth-order valence-electron chi connectivity index (χ4n) is 2.83. The minimum atomic E-state index is -0.480. The van der Waals surface area contributed by atoms with Crippen molar-refractivity contribution in [3.05, 3.63) is 46.1 Å². The first kappa shape index (κ1) is 15.0. The minimum Gasteiger partial charge on any atom is -0.368 e. The number of carbonyl (C=O) groups is 1.